The second-order valence-electron chi connectivity index (χ2n) is 3.34. The molecule has 1 aromatic heterocycles. The predicted octanol–water partition coefficient (Wildman–Crippen LogP) is 1.46. The van der Waals surface area contributed by atoms with Crippen LogP contribution in [0.25, 0.3) is 0 Å². The lowest BCUT2D eigenvalue weighted by Gasteiger charge is -2.02. The van der Waals surface area contributed by atoms with E-state index in [0.29, 0.717) is 15.7 Å². The summed E-state index contributed by atoms with van der Waals surface area (Å²) in [4.78, 5) is 10.9. The van der Waals surface area contributed by atoms with Gasteiger partial charge in [0.05, 0.1) is 4.92 Å². The Morgan fingerprint density at radius 3 is 2.82 bits per heavy atom. The molecule has 88 valence electrons. The number of anilines is 1. The molecule has 0 saturated carbocycles. The normalized spacial score (nSPS) is 10.4. The zero-order valence-corrected chi connectivity index (χ0v) is 9.72. The highest BCUT2D eigenvalue weighted by Crippen LogP contribution is 2.30. The van der Waals surface area contributed by atoms with Crippen LogP contribution in [0.3, 0.4) is 0 Å². The fourth-order valence-electron chi connectivity index (χ4n) is 1.24. The number of aromatic nitrogens is 3. The number of non-ortho nitro benzene ring substituents is 1. The van der Waals surface area contributed by atoms with Crippen molar-refractivity contribution in [1.29, 1.82) is 0 Å². The summed E-state index contributed by atoms with van der Waals surface area (Å²) in [6.45, 7) is 0. The molecule has 7 nitrogen and oxygen atoms in total. The van der Waals surface area contributed by atoms with Crippen molar-refractivity contribution in [3.63, 3.8) is 0 Å². The lowest BCUT2D eigenvalue weighted by atomic mass is 10.3. The molecular weight excluding hydrogens is 242 g/mol. The van der Waals surface area contributed by atoms with Crippen molar-refractivity contribution in [2.75, 3.05) is 5.73 Å². The van der Waals surface area contributed by atoms with E-state index in [1.54, 1.807) is 24.0 Å². The van der Waals surface area contributed by atoms with Gasteiger partial charge in [-0.25, -0.2) is 0 Å². The van der Waals surface area contributed by atoms with E-state index in [-0.39, 0.29) is 5.69 Å². The van der Waals surface area contributed by atoms with Crippen LogP contribution < -0.4 is 5.73 Å². The summed E-state index contributed by atoms with van der Waals surface area (Å²) < 4.78 is 1.72. The number of nitrogens with two attached hydrogens (primary N) is 1. The molecule has 1 aromatic carbocycles. The lowest BCUT2D eigenvalue weighted by molar-refractivity contribution is -0.385. The molecule has 0 amide bonds. The van der Waals surface area contributed by atoms with Crippen molar-refractivity contribution in [2.24, 2.45) is 7.05 Å². The number of nitro groups is 1. The number of rotatable bonds is 3. The number of nitrogens with zero attached hydrogens (tertiary/aromatic N) is 4. The Labute approximate surface area is 101 Å². The van der Waals surface area contributed by atoms with Gasteiger partial charge in [-0.1, -0.05) is 0 Å². The highest BCUT2D eigenvalue weighted by Gasteiger charge is 2.11. The standard InChI is InChI=1S/C9H9N5O2S/c1-13-5-11-12-9(13)17-8-3-6(10)2-7(4-8)14(15)16/h2-5H,10H2,1H3. The number of nitro benzene ring substituents is 1. The van der Waals surface area contributed by atoms with Crippen molar-refractivity contribution in [2.45, 2.75) is 10.1 Å². The molecule has 0 saturated heterocycles. The molecule has 0 aliphatic carbocycles. The van der Waals surface area contributed by atoms with Crippen molar-refractivity contribution in [3.8, 4) is 0 Å². The van der Waals surface area contributed by atoms with E-state index in [4.69, 9.17) is 5.73 Å². The molecule has 2 N–H and O–H groups in total. The number of nitrogen functional groups attached to an aromatic ring is 1. The molecule has 0 radical (unpaired) electrons. The van der Waals surface area contributed by atoms with Crippen LogP contribution in [0.2, 0.25) is 0 Å². The molecule has 8 heteroatoms. The first-order valence-electron chi connectivity index (χ1n) is 4.63. The monoisotopic (exact) mass is 251 g/mol. The Bertz CT molecular complexity index is 568. The van der Waals surface area contributed by atoms with Gasteiger partial charge in [-0.3, -0.25) is 10.1 Å². The van der Waals surface area contributed by atoms with Gasteiger partial charge in [-0.2, -0.15) is 0 Å². The third-order valence-corrected chi connectivity index (χ3v) is 3.03. The first-order valence-corrected chi connectivity index (χ1v) is 5.45. The van der Waals surface area contributed by atoms with Gasteiger partial charge < -0.3 is 10.3 Å². The van der Waals surface area contributed by atoms with Crippen molar-refractivity contribution >= 4 is 23.1 Å². The molecule has 0 fully saturated rings. The van der Waals surface area contributed by atoms with Crippen LogP contribution in [-0.4, -0.2) is 19.7 Å². The summed E-state index contributed by atoms with van der Waals surface area (Å²) in [6, 6.07) is 4.43. The van der Waals surface area contributed by atoms with E-state index >= 15 is 0 Å². The van der Waals surface area contributed by atoms with Gasteiger partial charge in [0, 0.05) is 29.8 Å². The molecule has 17 heavy (non-hydrogen) atoms. The quantitative estimate of drug-likeness (QED) is 0.503. The maximum atomic E-state index is 10.7. The van der Waals surface area contributed by atoms with Crippen LogP contribution in [0, 0.1) is 10.1 Å². The summed E-state index contributed by atoms with van der Waals surface area (Å²) in [6.07, 6.45) is 1.56. The summed E-state index contributed by atoms with van der Waals surface area (Å²) in [5.74, 6) is 0. The third kappa shape index (κ3) is 2.53. The SMILES string of the molecule is Cn1cnnc1Sc1cc(N)cc([N+](=O)[O-])c1. The maximum absolute atomic E-state index is 10.7. The Morgan fingerprint density at radius 1 is 1.47 bits per heavy atom. The molecule has 2 aromatic rings. The van der Waals surface area contributed by atoms with E-state index in [2.05, 4.69) is 10.2 Å². The average molecular weight is 251 g/mol. The highest BCUT2D eigenvalue weighted by atomic mass is 32.2. The topological polar surface area (TPSA) is 99.9 Å². The van der Waals surface area contributed by atoms with Gasteiger partial charge >= 0.3 is 0 Å². The lowest BCUT2D eigenvalue weighted by Crippen LogP contribution is -1.93. The number of benzene rings is 1. The predicted molar refractivity (Wildman–Crippen MR) is 62.6 cm³/mol. The Balaban J connectivity index is 2.33. The number of hydrogen-bond donors (Lipinski definition) is 1. The average Bonchev–Trinajstić information content (AvgIpc) is 2.63. The Hall–Kier alpha value is -2.09. The first kappa shape index (κ1) is 11.4. The zero-order chi connectivity index (χ0) is 12.4. The second-order valence-corrected chi connectivity index (χ2v) is 4.38. The van der Waals surface area contributed by atoms with Crippen molar-refractivity contribution < 1.29 is 4.92 Å². The van der Waals surface area contributed by atoms with Gasteiger partial charge in [0.2, 0.25) is 0 Å². The summed E-state index contributed by atoms with van der Waals surface area (Å²) >= 11 is 1.27. The van der Waals surface area contributed by atoms with Crippen LogP contribution in [0.4, 0.5) is 11.4 Å². The zero-order valence-electron chi connectivity index (χ0n) is 8.90. The van der Waals surface area contributed by atoms with Gasteiger partial charge in [-0.05, 0) is 17.8 Å². The van der Waals surface area contributed by atoms with Crippen molar-refractivity contribution in [3.05, 3.63) is 34.6 Å². The molecule has 0 spiro atoms. The van der Waals surface area contributed by atoms with Gasteiger partial charge in [0.25, 0.3) is 5.69 Å². The molecule has 0 atom stereocenters. The summed E-state index contributed by atoms with van der Waals surface area (Å²) in [5, 5.41) is 18.9. The van der Waals surface area contributed by atoms with E-state index in [1.165, 1.54) is 23.9 Å². The third-order valence-electron chi connectivity index (χ3n) is 2.00. The van der Waals surface area contributed by atoms with Gasteiger partial charge in [0.15, 0.2) is 5.16 Å². The van der Waals surface area contributed by atoms with Crippen LogP contribution in [0.5, 0.6) is 0 Å². The number of hydrogen-bond acceptors (Lipinski definition) is 6. The first-order chi connectivity index (χ1) is 8.06. The molecule has 0 unspecified atom stereocenters. The fraction of sp³-hybridized carbons (Fsp3) is 0.111. The van der Waals surface area contributed by atoms with Crippen molar-refractivity contribution in [1.82, 2.24) is 14.8 Å². The smallest absolute Gasteiger partial charge is 0.272 e. The molecule has 0 bridgehead atoms. The molecule has 0 aliphatic heterocycles. The Kier molecular flexibility index (Phi) is 2.96. The van der Waals surface area contributed by atoms with Crippen LogP contribution in [-0.2, 0) is 7.05 Å². The summed E-state index contributed by atoms with van der Waals surface area (Å²) in [5.41, 5.74) is 5.92. The van der Waals surface area contributed by atoms with E-state index in [1.807, 2.05) is 0 Å². The van der Waals surface area contributed by atoms with Crippen LogP contribution >= 0.6 is 11.8 Å². The Morgan fingerprint density at radius 2 is 2.24 bits per heavy atom. The van der Waals surface area contributed by atoms with E-state index < -0.39 is 4.92 Å². The molecule has 1 heterocycles. The minimum atomic E-state index is -0.475. The largest absolute Gasteiger partial charge is 0.398 e. The van der Waals surface area contributed by atoms with E-state index in [9.17, 15) is 10.1 Å². The number of aryl methyl sites for hydroxylation is 1. The van der Waals surface area contributed by atoms with Crippen LogP contribution in [0.15, 0.2) is 34.6 Å². The maximum Gasteiger partial charge on any atom is 0.272 e. The second kappa shape index (κ2) is 4.42. The van der Waals surface area contributed by atoms with Gasteiger partial charge in [0.1, 0.15) is 6.33 Å². The molecular formula is C9H9N5O2S. The molecule has 0 aliphatic rings. The summed E-state index contributed by atoms with van der Waals surface area (Å²) in [7, 11) is 1.79. The fourth-order valence-corrected chi connectivity index (χ4v) is 2.11. The van der Waals surface area contributed by atoms with Gasteiger partial charge in [-0.15, -0.1) is 10.2 Å². The molecule has 2 rings (SSSR count). The highest BCUT2D eigenvalue weighted by molar-refractivity contribution is 7.99. The minimum Gasteiger partial charge on any atom is -0.398 e. The minimum absolute atomic E-state index is 0.0327. The van der Waals surface area contributed by atoms with E-state index in [0.717, 1.165) is 0 Å². The van der Waals surface area contributed by atoms with Crippen LogP contribution in [0.1, 0.15) is 0 Å².